The van der Waals surface area contributed by atoms with Gasteiger partial charge in [-0.25, -0.2) is 4.39 Å². The summed E-state index contributed by atoms with van der Waals surface area (Å²) in [6, 6.07) is 2.66. The molecule has 0 fully saturated rings. The molecule has 4 heteroatoms. The number of pyridine rings is 1. The lowest BCUT2D eigenvalue weighted by molar-refractivity contribution is -0.104. The fourth-order valence-corrected chi connectivity index (χ4v) is 0.916. The highest BCUT2D eigenvalue weighted by molar-refractivity contribution is 6.50. The molecule has 68 valence electrons. The van der Waals surface area contributed by atoms with Gasteiger partial charge in [-0.1, -0.05) is 11.6 Å². The molecule has 0 saturated carbocycles. The van der Waals surface area contributed by atoms with Crippen molar-refractivity contribution in [3.63, 3.8) is 0 Å². The second-order valence-electron chi connectivity index (χ2n) is 2.48. The van der Waals surface area contributed by atoms with Crippen molar-refractivity contribution in [1.29, 1.82) is 0 Å². The number of aldehydes is 1. The van der Waals surface area contributed by atoms with E-state index in [1.807, 2.05) is 0 Å². The van der Waals surface area contributed by atoms with E-state index in [1.54, 1.807) is 6.92 Å². The van der Waals surface area contributed by atoms with Gasteiger partial charge in [0.2, 0.25) is 0 Å². The van der Waals surface area contributed by atoms with Crippen LogP contribution in [0, 0.1) is 5.82 Å². The first-order valence-electron chi connectivity index (χ1n) is 3.58. The molecular weight excluding hydrogens is 193 g/mol. The molecule has 1 aromatic rings. The molecule has 0 bridgehead atoms. The lowest BCUT2D eigenvalue weighted by Crippen LogP contribution is -1.89. The monoisotopic (exact) mass is 199 g/mol. The van der Waals surface area contributed by atoms with Gasteiger partial charge in [0.1, 0.15) is 12.1 Å². The smallest absolute Gasteiger partial charge is 0.147 e. The van der Waals surface area contributed by atoms with E-state index in [0.717, 1.165) is 6.20 Å². The van der Waals surface area contributed by atoms with Crippen molar-refractivity contribution in [3.05, 3.63) is 35.4 Å². The fourth-order valence-electron chi connectivity index (χ4n) is 0.759. The maximum Gasteiger partial charge on any atom is 0.147 e. The predicted octanol–water partition coefficient (Wildman–Crippen LogP) is 2.39. The van der Waals surface area contributed by atoms with E-state index < -0.39 is 5.82 Å². The summed E-state index contributed by atoms with van der Waals surface area (Å²) in [4.78, 5) is 14.1. The van der Waals surface area contributed by atoms with E-state index in [0.29, 0.717) is 17.6 Å². The van der Waals surface area contributed by atoms with E-state index in [1.165, 1.54) is 12.1 Å². The largest absolute Gasteiger partial charge is 0.298 e. The molecule has 0 N–H and O–H groups in total. The van der Waals surface area contributed by atoms with Crippen LogP contribution in [0.25, 0.3) is 5.03 Å². The van der Waals surface area contributed by atoms with Crippen molar-refractivity contribution in [2.75, 3.05) is 0 Å². The van der Waals surface area contributed by atoms with Crippen LogP contribution in [0.4, 0.5) is 4.39 Å². The molecule has 0 aromatic carbocycles. The van der Waals surface area contributed by atoms with Crippen LogP contribution < -0.4 is 0 Å². The maximum atomic E-state index is 12.4. The van der Waals surface area contributed by atoms with E-state index in [-0.39, 0.29) is 5.03 Å². The Bertz CT molecular complexity index is 345. The second-order valence-corrected chi connectivity index (χ2v) is 2.85. The summed E-state index contributed by atoms with van der Waals surface area (Å²) in [5, 5.41) is 0.245. The Kier molecular flexibility index (Phi) is 3.14. The molecule has 1 aromatic heterocycles. The Morgan fingerprint density at radius 2 is 2.31 bits per heavy atom. The topological polar surface area (TPSA) is 30.0 Å². The van der Waals surface area contributed by atoms with Crippen LogP contribution >= 0.6 is 11.6 Å². The van der Waals surface area contributed by atoms with Crippen molar-refractivity contribution >= 4 is 22.9 Å². The zero-order chi connectivity index (χ0) is 9.84. The average molecular weight is 200 g/mol. The molecule has 2 nitrogen and oxygen atoms in total. The Balaban J connectivity index is 3.09. The minimum atomic E-state index is -0.433. The molecule has 0 atom stereocenters. The number of allylic oxidation sites excluding steroid dienone is 1. The number of nitrogens with zero attached hydrogens (tertiary/aromatic N) is 1. The van der Waals surface area contributed by atoms with Crippen LogP contribution in [0.2, 0.25) is 0 Å². The summed E-state index contributed by atoms with van der Waals surface area (Å²) in [6.07, 6.45) is 1.68. The molecule has 1 heterocycles. The minimum absolute atomic E-state index is 0.245. The van der Waals surface area contributed by atoms with Gasteiger partial charge in [0.15, 0.2) is 0 Å². The molecular formula is C9H7ClFNO. The van der Waals surface area contributed by atoms with Gasteiger partial charge in [0.05, 0.1) is 16.9 Å². The van der Waals surface area contributed by atoms with Crippen molar-refractivity contribution in [3.8, 4) is 0 Å². The van der Waals surface area contributed by atoms with Crippen molar-refractivity contribution in [1.82, 2.24) is 4.98 Å². The van der Waals surface area contributed by atoms with Crippen LogP contribution in [-0.2, 0) is 4.79 Å². The molecule has 0 aliphatic heterocycles. The van der Waals surface area contributed by atoms with E-state index in [4.69, 9.17) is 11.6 Å². The summed E-state index contributed by atoms with van der Waals surface area (Å²) in [5.74, 6) is -0.433. The third kappa shape index (κ3) is 2.36. The lowest BCUT2D eigenvalue weighted by atomic mass is 10.2. The number of halogens is 2. The first-order chi connectivity index (χ1) is 6.15. The lowest BCUT2D eigenvalue weighted by Gasteiger charge is -1.98. The highest BCUT2D eigenvalue weighted by atomic mass is 35.5. The quantitative estimate of drug-likeness (QED) is 0.541. The number of carbonyl (C=O) groups is 1. The molecule has 0 aliphatic carbocycles. The molecule has 0 unspecified atom stereocenters. The van der Waals surface area contributed by atoms with Gasteiger partial charge in [-0.05, 0) is 19.1 Å². The summed E-state index contributed by atoms with van der Waals surface area (Å²) in [7, 11) is 0. The SMILES string of the molecule is C/C(C=O)=C(/Cl)c1ccc(F)cn1. The molecule has 1 rings (SSSR count). The summed E-state index contributed by atoms with van der Waals surface area (Å²) < 4.78 is 12.4. The molecule has 0 radical (unpaired) electrons. The first-order valence-corrected chi connectivity index (χ1v) is 3.96. The molecule has 0 aliphatic rings. The zero-order valence-corrected chi connectivity index (χ0v) is 7.68. The molecule has 0 amide bonds. The van der Waals surface area contributed by atoms with Crippen LogP contribution in [0.5, 0.6) is 0 Å². The van der Waals surface area contributed by atoms with Gasteiger partial charge in [-0.2, -0.15) is 0 Å². The predicted molar refractivity (Wildman–Crippen MR) is 48.7 cm³/mol. The molecule has 13 heavy (non-hydrogen) atoms. The number of hydrogen-bond donors (Lipinski definition) is 0. The van der Waals surface area contributed by atoms with Crippen LogP contribution in [-0.4, -0.2) is 11.3 Å². The van der Waals surface area contributed by atoms with Gasteiger partial charge in [0, 0.05) is 5.57 Å². The average Bonchev–Trinajstić information content (AvgIpc) is 2.17. The van der Waals surface area contributed by atoms with Gasteiger partial charge < -0.3 is 0 Å². The Morgan fingerprint density at radius 1 is 1.62 bits per heavy atom. The van der Waals surface area contributed by atoms with E-state index in [2.05, 4.69) is 4.98 Å². The summed E-state index contributed by atoms with van der Waals surface area (Å²) in [6.45, 7) is 1.57. The van der Waals surface area contributed by atoms with Gasteiger partial charge in [-0.15, -0.1) is 0 Å². The second kappa shape index (κ2) is 4.14. The third-order valence-electron chi connectivity index (χ3n) is 1.48. The Morgan fingerprint density at radius 3 is 2.77 bits per heavy atom. The van der Waals surface area contributed by atoms with Crippen LogP contribution in [0.3, 0.4) is 0 Å². The Hall–Kier alpha value is -1.22. The van der Waals surface area contributed by atoms with Crippen molar-refractivity contribution in [2.24, 2.45) is 0 Å². The van der Waals surface area contributed by atoms with Gasteiger partial charge >= 0.3 is 0 Å². The number of hydrogen-bond acceptors (Lipinski definition) is 2. The van der Waals surface area contributed by atoms with E-state index >= 15 is 0 Å². The zero-order valence-electron chi connectivity index (χ0n) is 6.92. The van der Waals surface area contributed by atoms with E-state index in [9.17, 15) is 9.18 Å². The fraction of sp³-hybridized carbons (Fsp3) is 0.111. The summed E-state index contributed by atoms with van der Waals surface area (Å²) >= 11 is 5.77. The molecule has 0 saturated heterocycles. The van der Waals surface area contributed by atoms with Crippen LogP contribution in [0.1, 0.15) is 12.6 Å². The maximum absolute atomic E-state index is 12.4. The third-order valence-corrected chi connectivity index (χ3v) is 1.97. The summed E-state index contributed by atoms with van der Waals surface area (Å²) in [5.41, 5.74) is 0.772. The number of rotatable bonds is 2. The molecule has 0 spiro atoms. The van der Waals surface area contributed by atoms with Crippen LogP contribution in [0.15, 0.2) is 23.9 Å². The number of aromatic nitrogens is 1. The number of carbonyl (C=O) groups excluding carboxylic acids is 1. The minimum Gasteiger partial charge on any atom is -0.298 e. The van der Waals surface area contributed by atoms with Gasteiger partial charge in [-0.3, -0.25) is 9.78 Å². The van der Waals surface area contributed by atoms with Crippen molar-refractivity contribution in [2.45, 2.75) is 6.92 Å². The Labute approximate surface area is 80.1 Å². The normalized spacial score (nSPS) is 12.2. The van der Waals surface area contributed by atoms with Gasteiger partial charge in [0.25, 0.3) is 0 Å². The highest BCUT2D eigenvalue weighted by Gasteiger charge is 2.03. The standard InChI is InChI=1S/C9H7ClFNO/c1-6(5-13)9(10)8-3-2-7(11)4-12-8/h2-5H,1H3/b9-6-. The first kappa shape index (κ1) is 9.86. The van der Waals surface area contributed by atoms with Crippen molar-refractivity contribution < 1.29 is 9.18 Å². The highest BCUT2D eigenvalue weighted by Crippen LogP contribution is 2.19.